The summed E-state index contributed by atoms with van der Waals surface area (Å²) in [6, 6.07) is 0. The number of aliphatic hydroxyl groups is 3. The summed E-state index contributed by atoms with van der Waals surface area (Å²) in [7, 11) is -3.72. The predicted molar refractivity (Wildman–Crippen MR) is 138 cm³/mol. The molecule has 0 bridgehead atoms. The number of aromatic nitrogens is 8. The first-order chi connectivity index (χ1) is 20.0. The van der Waals surface area contributed by atoms with Crippen molar-refractivity contribution in [3.05, 3.63) is 24.1 Å². The lowest BCUT2D eigenvalue weighted by Gasteiger charge is -2.23. The van der Waals surface area contributed by atoms with Crippen LogP contribution in [-0.4, -0.2) is 110 Å². The summed E-state index contributed by atoms with van der Waals surface area (Å²) in [6.45, 7) is -0.708. The van der Waals surface area contributed by atoms with E-state index in [1.807, 2.05) is 0 Å². The van der Waals surface area contributed by atoms with Gasteiger partial charge in [-0.3, -0.25) is 18.2 Å². The molecule has 0 aromatic carbocycles. The summed E-state index contributed by atoms with van der Waals surface area (Å²) in [5.41, 5.74) is 12.2. The van der Waals surface area contributed by atoms with Crippen molar-refractivity contribution in [2.24, 2.45) is 0 Å². The molecule has 22 heteroatoms. The van der Waals surface area contributed by atoms with Crippen molar-refractivity contribution >= 4 is 53.5 Å². The maximum atomic E-state index is 12.9. The van der Waals surface area contributed by atoms with Gasteiger partial charge in [0.2, 0.25) is 5.95 Å². The van der Waals surface area contributed by atoms with Gasteiger partial charge < -0.3 is 45.9 Å². The molecule has 42 heavy (non-hydrogen) atoms. The van der Waals surface area contributed by atoms with Crippen LogP contribution < -0.4 is 11.5 Å². The van der Waals surface area contributed by atoms with Crippen molar-refractivity contribution in [2.75, 3.05) is 25.2 Å². The predicted octanol–water partition coefficient (Wildman–Crippen LogP) is -1.53. The number of rotatable bonds is 8. The van der Waals surface area contributed by atoms with Crippen LogP contribution >= 0.6 is 19.4 Å². The van der Waals surface area contributed by atoms with Gasteiger partial charge in [-0.05, 0) is 0 Å². The Morgan fingerprint density at radius 1 is 0.976 bits per heavy atom. The smallest absolute Gasteiger partial charge is 0.387 e. The van der Waals surface area contributed by atoms with E-state index in [4.69, 9.17) is 46.3 Å². The fraction of sp³-hybridized carbons (Fsp3) is 0.500. The molecule has 2 aliphatic rings. The number of fused-ring (bicyclic) bond motifs is 2. The second kappa shape index (κ2) is 10.8. The summed E-state index contributed by atoms with van der Waals surface area (Å²) in [6.07, 6.45) is -7.51. The number of nitrogens with zero attached hydrogens (tertiary/aromatic N) is 8. The number of phosphoric acid groups is 1. The molecule has 2 saturated heterocycles. The number of hydrogen-bond donors (Lipinski definition) is 6. The highest BCUT2D eigenvalue weighted by molar-refractivity contribution is 7.47. The first-order valence-corrected chi connectivity index (χ1v) is 14.0. The third kappa shape index (κ3) is 4.95. The van der Waals surface area contributed by atoms with Crippen molar-refractivity contribution < 1.29 is 48.0 Å². The number of anilines is 2. The van der Waals surface area contributed by atoms with E-state index in [0.717, 1.165) is 0 Å². The van der Waals surface area contributed by atoms with Gasteiger partial charge >= 0.3 is 7.82 Å². The van der Waals surface area contributed by atoms with E-state index < -0.39 is 63.7 Å². The number of phosphoric ester groups is 1. The molecule has 4 aromatic rings. The molecular formula is C20H24ClN10O10P. The molecule has 2 aliphatic heterocycles. The first-order valence-electron chi connectivity index (χ1n) is 12.1. The SMILES string of the molecule is CO[C@H]1O[C@@H](n2cnc3c(N)ncnc32)[C@@H](O)[C@H]1OP(=O)(O)OC[C@H]1O[C@@H](n2cnc3c(Cl)nc(N)nc32)[C@@H](O)[C@H]1O. The summed E-state index contributed by atoms with van der Waals surface area (Å²) in [5.74, 6) is -0.0597. The van der Waals surface area contributed by atoms with Crippen molar-refractivity contribution in [1.82, 2.24) is 39.0 Å². The van der Waals surface area contributed by atoms with Crippen LogP contribution in [0.25, 0.3) is 22.3 Å². The van der Waals surface area contributed by atoms with Gasteiger partial charge in [0.05, 0.1) is 19.3 Å². The zero-order valence-electron chi connectivity index (χ0n) is 21.4. The summed E-state index contributed by atoms with van der Waals surface area (Å²) < 4.78 is 42.4. The highest BCUT2D eigenvalue weighted by Gasteiger charge is 2.51. The monoisotopic (exact) mass is 630 g/mol. The molecule has 0 spiro atoms. The third-order valence-electron chi connectivity index (χ3n) is 6.73. The van der Waals surface area contributed by atoms with Crippen LogP contribution in [0, 0.1) is 0 Å². The number of hydrogen-bond acceptors (Lipinski definition) is 17. The molecule has 1 unspecified atom stereocenters. The summed E-state index contributed by atoms with van der Waals surface area (Å²) in [5, 5.41) is 32.1. The quantitative estimate of drug-likeness (QED) is 0.0950. The van der Waals surface area contributed by atoms with Gasteiger partial charge in [0.1, 0.15) is 41.8 Å². The Bertz CT molecular complexity index is 1680. The Labute approximate surface area is 239 Å². The van der Waals surface area contributed by atoms with Crippen molar-refractivity contribution in [2.45, 2.75) is 49.3 Å². The average Bonchev–Trinajstić information content (AvgIpc) is 3.69. The van der Waals surface area contributed by atoms with Crippen LogP contribution in [0.5, 0.6) is 0 Å². The molecule has 0 aliphatic carbocycles. The zero-order chi connectivity index (χ0) is 29.9. The van der Waals surface area contributed by atoms with Crippen LogP contribution in [0.2, 0.25) is 5.15 Å². The summed E-state index contributed by atoms with van der Waals surface area (Å²) >= 11 is 6.04. The van der Waals surface area contributed by atoms with Gasteiger partial charge in [-0.15, -0.1) is 0 Å². The molecule has 8 N–H and O–H groups in total. The second-order valence-corrected chi connectivity index (χ2v) is 11.0. The topological polar surface area (TPSA) is 283 Å². The Balaban J connectivity index is 1.14. The van der Waals surface area contributed by atoms with E-state index in [1.54, 1.807) is 0 Å². The van der Waals surface area contributed by atoms with Gasteiger partial charge in [-0.1, -0.05) is 11.6 Å². The van der Waals surface area contributed by atoms with Crippen LogP contribution in [0.1, 0.15) is 12.5 Å². The Morgan fingerprint density at radius 2 is 1.67 bits per heavy atom. The lowest BCUT2D eigenvalue weighted by Crippen LogP contribution is -2.36. The molecule has 6 rings (SSSR count). The van der Waals surface area contributed by atoms with Crippen LogP contribution in [-0.2, 0) is 27.8 Å². The normalized spacial score (nSPS) is 31.3. The van der Waals surface area contributed by atoms with Crippen LogP contribution in [0.15, 0.2) is 19.0 Å². The maximum absolute atomic E-state index is 12.9. The molecule has 4 aromatic heterocycles. The zero-order valence-corrected chi connectivity index (χ0v) is 23.0. The average molecular weight is 631 g/mol. The number of nitrogen functional groups attached to an aromatic ring is 2. The van der Waals surface area contributed by atoms with E-state index in [0.29, 0.717) is 0 Å². The Hall–Kier alpha value is -3.14. The van der Waals surface area contributed by atoms with E-state index in [9.17, 15) is 24.8 Å². The fourth-order valence-corrected chi connectivity index (χ4v) is 5.89. The Morgan fingerprint density at radius 3 is 2.40 bits per heavy atom. The van der Waals surface area contributed by atoms with Gasteiger partial charge in [0.25, 0.3) is 0 Å². The lowest BCUT2D eigenvalue weighted by atomic mass is 10.1. The first kappa shape index (κ1) is 29.0. The van der Waals surface area contributed by atoms with Crippen molar-refractivity contribution in [3.8, 4) is 0 Å². The van der Waals surface area contributed by atoms with E-state index in [2.05, 4.69) is 29.9 Å². The minimum absolute atomic E-state index is 0.0316. The van der Waals surface area contributed by atoms with Crippen LogP contribution in [0.4, 0.5) is 11.8 Å². The fourth-order valence-electron chi connectivity index (χ4n) is 4.74. The molecular weight excluding hydrogens is 607 g/mol. The van der Waals surface area contributed by atoms with E-state index in [-0.39, 0.29) is 39.2 Å². The standard InChI is InChI=1S/C20H24ClN10O10P/c1-37-19-12(11(34)18(40-19)30-5-27-8-14(22)24-3-25-15(8)30)41-42(35,36)38-2-6-9(32)10(33)17(39-6)31-4-26-7-13(21)28-20(23)29-16(7)31/h3-6,9-12,17-19,32-34H,2H2,1H3,(H,35,36)(H2,22,24,25)(H2,23,28,29)/t6-,9+,10+,11+,12-,17-,18-,19+/m1/s1. The molecule has 6 heterocycles. The summed E-state index contributed by atoms with van der Waals surface area (Å²) in [4.78, 5) is 34.4. The third-order valence-corrected chi connectivity index (χ3v) is 7.98. The van der Waals surface area contributed by atoms with Gasteiger partial charge in [-0.25, -0.2) is 24.5 Å². The second-order valence-electron chi connectivity index (χ2n) is 9.28. The molecule has 226 valence electrons. The van der Waals surface area contributed by atoms with E-state index >= 15 is 0 Å². The number of nitrogens with two attached hydrogens (primary N) is 2. The number of halogens is 1. The van der Waals surface area contributed by atoms with Crippen LogP contribution in [0.3, 0.4) is 0 Å². The highest BCUT2D eigenvalue weighted by atomic mass is 35.5. The molecule has 0 radical (unpaired) electrons. The molecule has 0 saturated carbocycles. The van der Waals surface area contributed by atoms with Gasteiger partial charge in [0.15, 0.2) is 47.1 Å². The highest BCUT2D eigenvalue weighted by Crippen LogP contribution is 2.49. The number of ether oxygens (including phenoxy) is 3. The molecule has 20 nitrogen and oxygen atoms in total. The maximum Gasteiger partial charge on any atom is 0.472 e. The minimum Gasteiger partial charge on any atom is -0.387 e. The van der Waals surface area contributed by atoms with Gasteiger partial charge in [0, 0.05) is 7.11 Å². The molecule has 2 fully saturated rings. The number of aliphatic hydroxyl groups excluding tert-OH is 3. The lowest BCUT2D eigenvalue weighted by molar-refractivity contribution is -0.159. The Kier molecular flexibility index (Phi) is 7.48. The number of imidazole rings is 2. The minimum atomic E-state index is -4.96. The molecule has 0 amide bonds. The van der Waals surface area contributed by atoms with Gasteiger partial charge in [-0.2, -0.15) is 9.97 Å². The van der Waals surface area contributed by atoms with E-state index in [1.165, 1.54) is 35.2 Å². The number of methoxy groups -OCH3 is 1. The molecule has 9 atom stereocenters. The largest absolute Gasteiger partial charge is 0.472 e. The van der Waals surface area contributed by atoms with Crippen molar-refractivity contribution in [3.63, 3.8) is 0 Å². The van der Waals surface area contributed by atoms with Crippen molar-refractivity contribution in [1.29, 1.82) is 0 Å².